The van der Waals surface area contributed by atoms with Gasteiger partial charge in [-0.1, -0.05) is 6.92 Å². The fourth-order valence-corrected chi connectivity index (χ4v) is 0.933. The van der Waals surface area contributed by atoms with Gasteiger partial charge >= 0.3 is 0 Å². The summed E-state index contributed by atoms with van der Waals surface area (Å²) in [5.74, 6) is -0.0888. The molecule has 3 nitrogen and oxygen atoms in total. The highest BCUT2D eigenvalue weighted by Gasteiger charge is 2.13. The van der Waals surface area contributed by atoms with Gasteiger partial charge in [0, 0.05) is 13.0 Å². The average molecular weight is 195 g/mol. The van der Waals surface area contributed by atoms with Crippen molar-refractivity contribution in [1.82, 2.24) is 4.90 Å². The number of aliphatic hydroxyl groups is 1. The van der Waals surface area contributed by atoms with Crippen LogP contribution in [0.5, 0.6) is 0 Å². The Morgan fingerprint density at radius 3 is 2.54 bits per heavy atom. The number of aliphatic hydroxyl groups excluding tert-OH is 1. The molecule has 13 heavy (non-hydrogen) atoms. The van der Waals surface area contributed by atoms with Crippen LogP contribution in [0.15, 0.2) is 0 Å². The molecule has 0 heterocycles. The van der Waals surface area contributed by atoms with Crippen LogP contribution < -0.4 is 0 Å². The van der Waals surface area contributed by atoms with Crippen LogP contribution in [-0.2, 0) is 4.79 Å². The molecule has 0 spiro atoms. The molecule has 0 bridgehead atoms. The number of carbonyl (C=O) groups excluding carboxylic acids is 1. The van der Waals surface area contributed by atoms with Gasteiger partial charge in [0.1, 0.15) is 5.78 Å². The highest BCUT2D eigenvalue weighted by Crippen LogP contribution is 1.98. The number of Topliss-reactive ketones (excluding diaryl/α,β-unsaturated/α-hetero) is 1. The van der Waals surface area contributed by atoms with Crippen molar-refractivity contribution < 1.29 is 18.7 Å². The van der Waals surface area contributed by atoms with E-state index < -0.39 is 13.0 Å². The third kappa shape index (κ3) is 6.60. The van der Waals surface area contributed by atoms with Crippen LogP contribution in [-0.4, -0.2) is 48.5 Å². The minimum atomic E-state index is -2.46. The Kier molecular flexibility index (Phi) is 6.62. The second-order valence-corrected chi connectivity index (χ2v) is 2.74. The zero-order valence-corrected chi connectivity index (χ0v) is 7.67. The number of halogens is 2. The van der Waals surface area contributed by atoms with Crippen LogP contribution in [0.1, 0.15) is 13.3 Å². The normalized spacial score (nSPS) is 11.2. The molecule has 78 valence electrons. The summed E-state index contributed by atoms with van der Waals surface area (Å²) in [6.07, 6.45) is -2.12. The molecule has 0 aromatic carbocycles. The van der Waals surface area contributed by atoms with E-state index in [1.165, 1.54) is 4.90 Å². The summed E-state index contributed by atoms with van der Waals surface area (Å²) in [5.41, 5.74) is 0. The van der Waals surface area contributed by atoms with E-state index in [0.717, 1.165) is 0 Å². The Balaban J connectivity index is 3.86. The Morgan fingerprint density at radius 2 is 2.15 bits per heavy atom. The van der Waals surface area contributed by atoms with E-state index in [-0.39, 0.29) is 25.5 Å². The first-order valence-electron chi connectivity index (χ1n) is 4.23. The van der Waals surface area contributed by atoms with Crippen LogP contribution in [0.3, 0.4) is 0 Å². The molecule has 0 aliphatic heterocycles. The Morgan fingerprint density at radius 1 is 1.54 bits per heavy atom. The van der Waals surface area contributed by atoms with E-state index in [4.69, 9.17) is 5.11 Å². The molecule has 0 aromatic rings. The molecule has 0 saturated heterocycles. The zero-order chi connectivity index (χ0) is 10.3. The molecule has 0 rings (SSSR count). The number of hydrogen-bond donors (Lipinski definition) is 1. The van der Waals surface area contributed by atoms with Gasteiger partial charge in [0.25, 0.3) is 6.43 Å². The molecule has 0 fully saturated rings. The van der Waals surface area contributed by atoms with Crippen LogP contribution in [0.4, 0.5) is 8.78 Å². The van der Waals surface area contributed by atoms with Gasteiger partial charge in [-0.05, 0) is 0 Å². The number of nitrogens with zero attached hydrogens (tertiary/aromatic N) is 1. The predicted octanol–water partition coefficient (Wildman–Crippen LogP) is 0.525. The monoisotopic (exact) mass is 195 g/mol. The predicted molar refractivity (Wildman–Crippen MR) is 44.8 cm³/mol. The van der Waals surface area contributed by atoms with Crippen molar-refractivity contribution in [2.45, 2.75) is 19.8 Å². The van der Waals surface area contributed by atoms with E-state index in [2.05, 4.69) is 0 Å². The molecule has 0 aromatic heterocycles. The summed E-state index contributed by atoms with van der Waals surface area (Å²) in [7, 11) is 0. The topological polar surface area (TPSA) is 40.5 Å². The van der Waals surface area contributed by atoms with Crippen molar-refractivity contribution in [1.29, 1.82) is 0 Å². The largest absolute Gasteiger partial charge is 0.395 e. The third-order valence-corrected chi connectivity index (χ3v) is 1.61. The maximum atomic E-state index is 11.9. The van der Waals surface area contributed by atoms with Crippen molar-refractivity contribution >= 4 is 5.78 Å². The Bertz CT molecular complexity index is 153. The molecule has 0 unspecified atom stereocenters. The molecule has 0 radical (unpaired) electrons. The van der Waals surface area contributed by atoms with Crippen molar-refractivity contribution in [3.8, 4) is 0 Å². The molecule has 0 aliphatic carbocycles. The fraction of sp³-hybridized carbons (Fsp3) is 0.875. The van der Waals surface area contributed by atoms with Crippen molar-refractivity contribution in [2.75, 3.05) is 26.2 Å². The number of hydrogen-bond acceptors (Lipinski definition) is 3. The average Bonchev–Trinajstić information content (AvgIpc) is 2.03. The van der Waals surface area contributed by atoms with Crippen molar-refractivity contribution in [3.05, 3.63) is 0 Å². The number of ketones is 1. The number of rotatable bonds is 7. The van der Waals surface area contributed by atoms with E-state index in [1.807, 2.05) is 0 Å². The van der Waals surface area contributed by atoms with Gasteiger partial charge in [-0.3, -0.25) is 9.69 Å². The third-order valence-electron chi connectivity index (χ3n) is 1.61. The second-order valence-electron chi connectivity index (χ2n) is 2.74. The first-order chi connectivity index (χ1) is 6.10. The van der Waals surface area contributed by atoms with Gasteiger partial charge in [0.15, 0.2) is 0 Å². The van der Waals surface area contributed by atoms with Gasteiger partial charge in [-0.25, -0.2) is 8.78 Å². The number of carbonyl (C=O) groups is 1. The molecule has 0 saturated carbocycles. The second kappa shape index (κ2) is 6.91. The summed E-state index contributed by atoms with van der Waals surface area (Å²) in [5, 5.41) is 8.54. The smallest absolute Gasteiger partial charge is 0.251 e. The fourth-order valence-electron chi connectivity index (χ4n) is 0.933. The minimum Gasteiger partial charge on any atom is -0.395 e. The van der Waals surface area contributed by atoms with Gasteiger partial charge in [0.05, 0.1) is 19.7 Å². The van der Waals surface area contributed by atoms with E-state index in [0.29, 0.717) is 6.42 Å². The van der Waals surface area contributed by atoms with Crippen LogP contribution in [0.25, 0.3) is 0 Å². The van der Waals surface area contributed by atoms with Gasteiger partial charge in [0.2, 0.25) is 0 Å². The molecule has 0 aliphatic rings. The SMILES string of the molecule is CCC(=O)CN(CCO)CC(F)F. The molecule has 0 atom stereocenters. The lowest BCUT2D eigenvalue weighted by molar-refractivity contribution is -0.120. The molecule has 0 amide bonds. The van der Waals surface area contributed by atoms with E-state index in [1.54, 1.807) is 6.92 Å². The Hall–Kier alpha value is -0.550. The summed E-state index contributed by atoms with van der Waals surface area (Å²) in [4.78, 5) is 12.2. The molecule has 5 heteroatoms. The van der Waals surface area contributed by atoms with Gasteiger partial charge in [-0.15, -0.1) is 0 Å². The maximum Gasteiger partial charge on any atom is 0.251 e. The minimum absolute atomic E-state index is 0.00139. The highest BCUT2D eigenvalue weighted by molar-refractivity contribution is 5.80. The summed E-state index contributed by atoms with van der Waals surface area (Å²) in [6, 6.07) is 0. The first kappa shape index (κ1) is 12.4. The summed E-state index contributed by atoms with van der Waals surface area (Å²) < 4.78 is 23.9. The molecular weight excluding hydrogens is 180 g/mol. The van der Waals surface area contributed by atoms with E-state index >= 15 is 0 Å². The van der Waals surface area contributed by atoms with Crippen molar-refractivity contribution in [3.63, 3.8) is 0 Å². The first-order valence-corrected chi connectivity index (χ1v) is 4.23. The van der Waals surface area contributed by atoms with Crippen molar-refractivity contribution in [2.24, 2.45) is 0 Å². The molecular formula is C8H15F2NO2. The lowest BCUT2D eigenvalue weighted by Crippen LogP contribution is -2.35. The quantitative estimate of drug-likeness (QED) is 0.644. The standard InChI is InChI=1S/C8H15F2NO2/c1-2-7(13)5-11(3-4-12)6-8(9)10/h8,12H,2-6H2,1H3. The summed E-state index contributed by atoms with van der Waals surface area (Å²) >= 11 is 0. The molecule has 1 N–H and O–H groups in total. The summed E-state index contributed by atoms with van der Waals surface area (Å²) in [6.45, 7) is 1.15. The zero-order valence-electron chi connectivity index (χ0n) is 7.67. The lowest BCUT2D eigenvalue weighted by Gasteiger charge is -2.19. The van der Waals surface area contributed by atoms with Gasteiger partial charge < -0.3 is 5.11 Å². The van der Waals surface area contributed by atoms with Gasteiger partial charge in [-0.2, -0.15) is 0 Å². The van der Waals surface area contributed by atoms with Crippen LogP contribution in [0.2, 0.25) is 0 Å². The Labute approximate surface area is 76.3 Å². The maximum absolute atomic E-state index is 11.9. The number of alkyl halides is 2. The highest BCUT2D eigenvalue weighted by atomic mass is 19.3. The van der Waals surface area contributed by atoms with E-state index in [9.17, 15) is 13.6 Å². The lowest BCUT2D eigenvalue weighted by atomic mass is 10.3. The van der Waals surface area contributed by atoms with Crippen LogP contribution >= 0.6 is 0 Å². The van der Waals surface area contributed by atoms with Crippen LogP contribution in [0, 0.1) is 0 Å².